The van der Waals surface area contributed by atoms with Gasteiger partial charge in [-0.25, -0.2) is 0 Å². The Labute approximate surface area is 180 Å². The van der Waals surface area contributed by atoms with Crippen LogP contribution in [0.25, 0.3) is 10.8 Å². The minimum atomic E-state index is -0.415. The fraction of sp³-hybridized carbons (Fsp3) is 0.174. The van der Waals surface area contributed by atoms with Crippen molar-refractivity contribution in [3.8, 4) is 5.75 Å². The Balaban J connectivity index is 1.45. The number of nitrogens with one attached hydrogen (secondary N) is 3. The molecule has 0 atom stereocenters. The van der Waals surface area contributed by atoms with Gasteiger partial charge in [-0.05, 0) is 59.6 Å². The maximum absolute atomic E-state index is 12.3. The van der Waals surface area contributed by atoms with E-state index in [2.05, 4.69) is 16.2 Å². The number of carbonyl (C=O) groups excluding carboxylic acids is 2. The van der Waals surface area contributed by atoms with Crippen LogP contribution in [0.1, 0.15) is 16.7 Å². The van der Waals surface area contributed by atoms with Crippen molar-refractivity contribution < 1.29 is 14.3 Å². The van der Waals surface area contributed by atoms with Crippen LogP contribution in [0.2, 0.25) is 0 Å². The molecule has 0 saturated carbocycles. The van der Waals surface area contributed by atoms with Gasteiger partial charge in [-0.15, -0.1) is 0 Å². The molecule has 0 fully saturated rings. The molecule has 0 aliphatic heterocycles. The topological polar surface area (TPSA) is 79.5 Å². The molecule has 0 heterocycles. The van der Waals surface area contributed by atoms with Gasteiger partial charge < -0.3 is 10.1 Å². The number of aryl methyl sites for hydroxylation is 1. The lowest BCUT2D eigenvalue weighted by Gasteiger charge is -2.13. The summed E-state index contributed by atoms with van der Waals surface area (Å²) in [6, 6.07) is 19.3. The predicted octanol–water partition coefficient (Wildman–Crippen LogP) is 3.10. The summed E-state index contributed by atoms with van der Waals surface area (Å²) in [4.78, 5) is 24.3. The van der Waals surface area contributed by atoms with Crippen LogP contribution < -0.4 is 20.9 Å². The van der Waals surface area contributed by atoms with Crippen molar-refractivity contribution in [3.63, 3.8) is 0 Å². The van der Waals surface area contributed by atoms with Gasteiger partial charge in [0.05, 0.1) is 6.42 Å². The van der Waals surface area contributed by atoms with Crippen LogP contribution in [0.5, 0.6) is 5.75 Å². The molecule has 3 rings (SSSR count). The van der Waals surface area contributed by atoms with Gasteiger partial charge in [0, 0.05) is 0 Å². The van der Waals surface area contributed by atoms with Gasteiger partial charge in [0.2, 0.25) is 5.91 Å². The average Bonchev–Trinajstić information content (AvgIpc) is 2.73. The molecule has 0 spiro atoms. The van der Waals surface area contributed by atoms with Crippen molar-refractivity contribution in [2.75, 3.05) is 6.61 Å². The van der Waals surface area contributed by atoms with Crippen LogP contribution in [-0.2, 0) is 16.0 Å². The highest BCUT2D eigenvalue weighted by atomic mass is 32.1. The van der Waals surface area contributed by atoms with E-state index in [0.29, 0.717) is 5.75 Å². The van der Waals surface area contributed by atoms with E-state index in [9.17, 15) is 9.59 Å². The number of amides is 2. The number of hydrogen-bond donors (Lipinski definition) is 3. The number of hydrogen-bond acceptors (Lipinski definition) is 4. The number of rotatable bonds is 5. The minimum Gasteiger partial charge on any atom is -0.483 e. The number of carbonyl (C=O) groups is 2. The summed E-state index contributed by atoms with van der Waals surface area (Å²) in [6.07, 6.45) is 0.173. The molecule has 3 N–H and O–H groups in total. The lowest BCUT2D eigenvalue weighted by Crippen LogP contribution is -2.50. The summed E-state index contributed by atoms with van der Waals surface area (Å²) in [6.45, 7) is 3.73. The molecule has 3 aromatic rings. The molecule has 0 aliphatic rings. The molecule has 30 heavy (non-hydrogen) atoms. The summed E-state index contributed by atoms with van der Waals surface area (Å²) in [5.74, 6) is -0.0394. The first-order valence-corrected chi connectivity index (χ1v) is 9.89. The lowest BCUT2D eigenvalue weighted by molar-refractivity contribution is -0.124. The van der Waals surface area contributed by atoms with Crippen LogP contribution in [0.4, 0.5) is 0 Å². The molecule has 0 radical (unpaired) electrons. The highest BCUT2D eigenvalue weighted by molar-refractivity contribution is 7.80. The van der Waals surface area contributed by atoms with Crippen LogP contribution >= 0.6 is 12.2 Å². The van der Waals surface area contributed by atoms with E-state index < -0.39 is 5.91 Å². The second-order valence-corrected chi connectivity index (χ2v) is 7.26. The Morgan fingerprint density at radius 2 is 1.63 bits per heavy atom. The smallest absolute Gasteiger partial charge is 0.276 e. The van der Waals surface area contributed by atoms with Crippen molar-refractivity contribution in [2.45, 2.75) is 20.3 Å². The van der Waals surface area contributed by atoms with Gasteiger partial charge in [-0.3, -0.25) is 20.4 Å². The van der Waals surface area contributed by atoms with E-state index in [4.69, 9.17) is 17.0 Å². The monoisotopic (exact) mass is 421 g/mol. The zero-order valence-electron chi connectivity index (χ0n) is 16.8. The normalized spacial score (nSPS) is 10.3. The van der Waals surface area contributed by atoms with E-state index >= 15 is 0 Å². The van der Waals surface area contributed by atoms with Gasteiger partial charge >= 0.3 is 0 Å². The van der Waals surface area contributed by atoms with Crippen LogP contribution in [0.3, 0.4) is 0 Å². The van der Waals surface area contributed by atoms with Crippen molar-refractivity contribution in [2.24, 2.45) is 0 Å². The van der Waals surface area contributed by atoms with Crippen molar-refractivity contribution >= 4 is 39.9 Å². The van der Waals surface area contributed by atoms with Crippen LogP contribution in [0.15, 0.2) is 60.7 Å². The molecule has 0 bridgehead atoms. The van der Waals surface area contributed by atoms with Gasteiger partial charge in [-0.1, -0.05) is 54.6 Å². The fourth-order valence-electron chi connectivity index (χ4n) is 3.01. The molecule has 0 unspecified atom stereocenters. The largest absolute Gasteiger partial charge is 0.483 e. The standard InChI is InChI=1S/C23H23N3O3S/c1-15-7-5-12-20(16(15)2)29-14-22(28)25-26-23(30)24-21(27)13-18-10-6-9-17-8-3-4-11-19(17)18/h3-12H,13-14H2,1-2H3,(H,25,28)(H2,24,26,27,30). The molecular weight excluding hydrogens is 398 g/mol. The summed E-state index contributed by atoms with van der Waals surface area (Å²) in [7, 11) is 0. The molecule has 6 nitrogen and oxygen atoms in total. The number of fused-ring (bicyclic) bond motifs is 1. The molecule has 0 saturated heterocycles. The van der Waals surface area contributed by atoms with Gasteiger partial charge in [0.25, 0.3) is 5.91 Å². The molecule has 154 valence electrons. The third-order valence-electron chi connectivity index (χ3n) is 4.71. The Morgan fingerprint density at radius 1 is 0.900 bits per heavy atom. The van der Waals surface area contributed by atoms with Crippen molar-refractivity contribution in [3.05, 3.63) is 77.4 Å². The van der Waals surface area contributed by atoms with Gasteiger partial charge in [-0.2, -0.15) is 0 Å². The van der Waals surface area contributed by atoms with Gasteiger partial charge in [0.15, 0.2) is 11.7 Å². The van der Waals surface area contributed by atoms with Crippen molar-refractivity contribution in [1.29, 1.82) is 0 Å². The Hall–Kier alpha value is -3.45. The summed E-state index contributed by atoms with van der Waals surface area (Å²) in [5, 5.41) is 4.67. The molecule has 0 aliphatic carbocycles. The minimum absolute atomic E-state index is 0.0142. The van der Waals surface area contributed by atoms with Crippen LogP contribution in [0, 0.1) is 13.8 Å². The van der Waals surface area contributed by atoms with Crippen LogP contribution in [-0.4, -0.2) is 23.5 Å². The number of benzene rings is 3. The molecule has 2 amide bonds. The van der Waals surface area contributed by atoms with E-state index in [-0.39, 0.29) is 24.0 Å². The molecular formula is C23H23N3O3S. The fourth-order valence-corrected chi connectivity index (χ4v) is 3.17. The van der Waals surface area contributed by atoms with E-state index in [1.807, 2.05) is 68.4 Å². The summed E-state index contributed by atoms with van der Waals surface area (Å²) < 4.78 is 5.53. The van der Waals surface area contributed by atoms with Crippen molar-refractivity contribution in [1.82, 2.24) is 16.2 Å². The Kier molecular flexibility index (Phi) is 6.98. The zero-order chi connectivity index (χ0) is 21.5. The predicted molar refractivity (Wildman–Crippen MR) is 121 cm³/mol. The third-order valence-corrected chi connectivity index (χ3v) is 4.92. The Morgan fingerprint density at radius 3 is 2.47 bits per heavy atom. The van der Waals surface area contributed by atoms with E-state index in [0.717, 1.165) is 27.5 Å². The van der Waals surface area contributed by atoms with E-state index in [1.54, 1.807) is 6.07 Å². The maximum atomic E-state index is 12.3. The first kappa shape index (κ1) is 21.3. The molecule has 7 heteroatoms. The SMILES string of the molecule is Cc1cccc(OCC(=O)NNC(=S)NC(=O)Cc2cccc3ccccc23)c1C. The van der Waals surface area contributed by atoms with Gasteiger partial charge in [0.1, 0.15) is 5.75 Å². The second kappa shape index (κ2) is 9.84. The highest BCUT2D eigenvalue weighted by Gasteiger charge is 2.10. The average molecular weight is 422 g/mol. The maximum Gasteiger partial charge on any atom is 0.276 e. The molecule has 0 aromatic heterocycles. The number of ether oxygens (including phenoxy) is 1. The first-order chi connectivity index (χ1) is 14.4. The zero-order valence-corrected chi connectivity index (χ0v) is 17.6. The quantitative estimate of drug-likeness (QED) is 0.436. The summed E-state index contributed by atoms with van der Waals surface area (Å²) in [5.41, 5.74) is 7.90. The second-order valence-electron chi connectivity index (χ2n) is 6.85. The Bertz CT molecular complexity index is 1090. The molecule has 3 aromatic carbocycles. The third kappa shape index (κ3) is 5.55. The van der Waals surface area contributed by atoms with E-state index in [1.165, 1.54) is 0 Å². The number of thiocarbonyl (C=S) groups is 1. The number of hydrazine groups is 1. The highest BCUT2D eigenvalue weighted by Crippen LogP contribution is 2.20. The summed E-state index contributed by atoms with van der Waals surface area (Å²) >= 11 is 5.08. The first-order valence-electron chi connectivity index (χ1n) is 9.48. The lowest BCUT2D eigenvalue weighted by atomic mass is 10.0.